The maximum Gasteiger partial charge on any atom is 0.321 e. The van der Waals surface area contributed by atoms with Gasteiger partial charge in [0.15, 0.2) is 0 Å². The second-order valence-corrected chi connectivity index (χ2v) is 4.61. The molecule has 0 aliphatic carbocycles. The average molecular weight is 249 g/mol. The number of benzene rings is 1. The third kappa shape index (κ3) is 4.28. The number of nitrogens with zero attached hydrogens (tertiary/aromatic N) is 1. The van der Waals surface area contributed by atoms with Crippen molar-refractivity contribution in [1.82, 2.24) is 4.90 Å². The van der Waals surface area contributed by atoms with Gasteiger partial charge in [0, 0.05) is 24.5 Å². The van der Waals surface area contributed by atoms with Gasteiger partial charge in [0.1, 0.15) is 0 Å². The number of carbonyl (C=O) groups excluding carboxylic acids is 1. The number of hydrogen-bond acceptors (Lipinski definition) is 2. The molecule has 18 heavy (non-hydrogen) atoms. The van der Waals surface area contributed by atoms with Gasteiger partial charge in [-0.15, -0.1) is 0 Å². The second kappa shape index (κ2) is 6.89. The number of urea groups is 1. The Bertz CT molecular complexity index is 392. The number of nitrogens with two attached hydrogens (primary N) is 1. The standard InChI is InChI=1S/C14H23N3O/c1-4-11(3)10-17(5-2)14(18)16-13-8-6-7-12(15)9-13/h6-9,11H,4-5,10,15H2,1-3H3,(H,16,18). The summed E-state index contributed by atoms with van der Waals surface area (Å²) in [6.45, 7) is 7.76. The van der Waals surface area contributed by atoms with Gasteiger partial charge in [0.05, 0.1) is 0 Å². The van der Waals surface area contributed by atoms with Crippen LogP contribution in [-0.2, 0) is 0 Å². The lowest BCUT2D eigenvalue weighted by molar-refractivity contribution is 0.205. The molecule has 0 bridgehead atoms. The third-order valence-corrected chi connectivity index (χ3v) is 3.04. The van der Waals surface area contributed by atoms with E-state index < -0.39 is 0 Å². The lowest BCUT2D eigenvalue weighted by Crippen LogP contribution is -2.37. The van der Waals surface area contributed by atoms with E-state index in [0.717, 1.165) is 18.7 Å². The summed E-state index contributed by atoms with van der Waals surface area (Å²) in [5.74, 6) is 0.511. The summed E-state index contributed by atoms with van der Waals surface area (Å²) in [4.78, 5) is 13.9. The Morgan fingerprint density at radius 1 is 1.44 bits per heavy atom. The molecule has 0 aliphatic rings. The zero-order valence-corrected chi connectivity index (χ0v) is 11.4. The number of anilines is 2. The maximum absolute atomic E-state index is 12.1. The Hall–Kier alpha value is -1.71. The van der Waals surface area contributed by atoms with E-state index in [0.29, 0.717) is 18.2 Å². The fourth-order valence-electron chi connectivity index (χ4n) is 1.68. The highest BCUT2D eigenvalue weighted by atomic mass is 16.2. The molecule has 0 aromatic heterocycles. The van der Waals surface area contributed by atoms with Crippen molar-refractivity contribution in [2.24, 2.45) is 5.92 Å². The first-order valence-electron chi connectivity index (χ1n) is 6.48. The van der Waals surface area contributed by atoms with Crippen LogP contribution in [0.5, 0.6) is 0 Å². The van der Waals surface area contributed by atoms with Crippen molar-refractivity contribution >= 4 is 17.4 Å². The quantitative estimate of drug-likeness (QED) is 0.787. The molecule has 1 aromatic carbocycles. The van der Waals surface area contributed by atoms with Gasteiger partial charge in [-0.1, -0.05) is 26.3 Å². The highest BCUT2D eigenvalue weighted by Crippen LogP contribution is 2.13. The number of amides is 2. The van der Waals surface area contributed by atoms with Gasteiger partial charge in [-0.05, 0) is 31.0 Å². The predicted molar refractivity (Wildman–Crippen MR) is 76.6 cm³/mol. The van der Waals surface area contributed by atoms with E-state index in [4.69, 9.17) is 5.73 Å². The molecule has 1 atom stereocenters. The summed E-state index contributed by atoms with van der Waals surface area (Å²) >= 11 is 0. The minimum Gasteiger partial charge on any atom is -0.399 e. The van der Waals surface area contributed by atoms with Gasteiger partial charge in [-0.25, -0.2) is 4.79 Å². The molecule has 0 aliphatic heterocycles. The van der Waals surface area contributed by atoms with Gasteiger partial charge in [-0.2, -0.15) is 0 Å². The van der Waals surface area contributed by atoms with Crippen molar-refractivity contribution in [3.8, 4) is 0 Å². The van der Waals surface area contributed by atoms with Gasteiger partial charge in [0.25, 0.3) is 0 Å². The fourth-order valence-corrected chi connectivity index (χ4v) is 1.68. The van der Waals surface area contributed by atoms with Gasteiger partial charge < -0.3 is 16.0 Å². The number of rotatable bonds is 5. The molecular weight excluding hydrogens is 226 g/mol. The van der Waals surface area contributed by atoms with Gasteiger partial charge in [-0.3, -0.25) is 0 Å². The zero-order chi connectivity index (χ0) is 13.5. The van der Waals surface area contributed by atoms with Crippen LogP contribution < -0.4 is 11.1 Å². The summed E-state index contributed by atoms with van der Waals surface area (Å²) in [5, 5.41) is 2.87. The van der Waals surface area contributed by atoms with Crippen molar-refractivity contribution in [3.05, 3.63) is 24.3 Å². The van der Waals surface area contributed by atoms with E-state index >= 15 is 0 Å². The van der Waals surface area contributed by atoms with Crippen LogP contribution in [0.15, 0.2) is 24.3 Å². The Labute approximate surface area is 109 Å². The summed E-state index contributed by atoms with van der Waals surface area (Å²) in [5.41, 5.74) is 7.07. The van der Waals surface area contributed by atoms with Crippen LogP contribution in [0, 0.1) is 5.92 Å². The highest BCUT2D eigenvalue weighted by Gasteiger charge is 2.14. The minimum absolute atomic E-state index is 0.0663. The lowest BCUT2D eigenvalue weighted by Gasteiger charge is -2.24. The number of nitrogen functional groups attached to an aromatic ring is 1. The molecule has 0 radical (unpaired) electrons. The first kappa shape index (κ1) is 14.4. The van der Waals surface area contributed by atoms with E-state index in [1.807, 2.05) is 24.0 Å². The molecule has 0 saturated carbocycles. The van der Waals surface area contributed by atoms with E-state index in [-0.39, 0.29) is 6.03 Å². The predicted octanol–water partition coefficient (Wildman–Crippen LogP) is 3.17. The van der Waals surface area contributed by atoms with Crippen molar-refractivity contribution in [2.75, 3.05) is 24.1 Å². The summed E-state index contributed by atoms with van der Waals surface area (Å²) in [6.07, 6.45) is 1.07. The van der Waals surface area contributed by atoms with E-state index in [1.165, 1.54) is 0 Å². The van der Waals surface area contributed by atoms with Gasteiger partial charge in [0.2, 0.25) is 0 Å². The molecular formula is C14H23N3O. The van der Waals surface area contributed by atoms with Crippen LogP contribution in [0.25, 0.3) is 0 Å². The molecule has 2 amide bonds. The Balaban J connectivity index is 2.62. The molecule has 3 N–H and O–H groups in total. The molecule has 4 nitrogen and oxygen atoms in total. The average Bonchev–Trinajstić information content (AvgIpc) is 2.35. The molecule has 100 valence electrons. The smallest absolute Gasteiger partial charge is 0.321 e. The van der Waals surface area contributed by atoms with E-state index in [2.05, 4.69) is 19.2 Å². The molecule has 0 heterocycles. The largest absolute Gasteiger partial charge is 0.399 e. The normalized spacial score (nSPS) is 11.9. The van der Waals surface area contributed by atoms with Crippen molar-refractivity contribution in [1.29, 1.82) is 0 Å². The van der Waals surface area contributed by atoms with Crippen molar-refractivity contribution in [2.45, 2.75) is 27.2 Å². The lowest BCUT2D eigenvalue weighted by atomic mass is 10.1. The number of nitrogens with one attached hydrogen (secondary N) is 1. The Morgan fingerprint density at radius 3 is 2.72 bits per heavy atom. The first-order valence-corrected chi connectivity index (χ1v) is 6.48. The molecule has 1 rings (SSSR count). The summed E-state index contributed by atoms with van der Waals surface area (Å²) in [6, 6.07) is 7.16. The summed E-state index contributed by atoms with van der Waals surface area (Å²) in [7, 11) is 0. The summed E-state index contributed by atoms with van der Waals surface area (Å²) < 4.78 is 0. The maximum atomic E-state index is 12.1. The highest BCUT2D eigenvalue weighted by molar-refractivity contribution is 5.89. The Kier molecular flexibility index (Phi) is 5.49. The minimum atomic E-state index is -0.0663. The fraction of sp³-hybridized carbons (Fsp3) is 0.500. The zero-order valence-electron chi connectivity index (χ0n) is 11.4. The van der Waals surface area contributed by atoms with Crippen LogP contribution >= 0.6 is 0 Å². The van der Waals surface area contributed by atoms with Crippen molar-refractivity contribution in [3.63, 3.8) is 0 Å². The van der Waals surface area contributed by atoms with Gasteiger partial charge >= 0.3 is 6.03 Å². The third-order valence-electron chi connectivity index (χ3n) is 3.04. The molecule has 1 aromatic rings. The second-order valence-electron chi connectivity index (χ2n) is 4.61. The molecule has 0 spiro atoms. The number of carbonyl (C=O) groups is 1. The molecule has 0 fully saturated rings. The van der Waals surface area contributed by atoms with Crippen LogP contribution in [0.4, 0.5) is 16.2 Å². The molecule has 4 heteroatoms. The SMILES string of the molecule is CCC(C)CN(CC)C(=O)Nc1cccc(N)c1. The van der Waals surface area contributed by atoms with Crippen LogP contribution in [0.3, 0.4) is 0 Å². The topological polar surface area (TPSA) is 58.4 Å². The molecule has 1 unspecified atom stereocenters. The van der Waals surface area contributed by atoms with E-state index in [1.54, 1.807) is 12.1 Å². The van der Waals surface area contributed by atoms with E-state index in [9.17, 15) is 4.79 Å². The van der Waals surface area contributed by atoms with Crippen LogP contribution in [0.1, 0.15) is 27.2 Å². The first-order chi connectivity index (χ1) is 8.56. The van der Waals surface area contributed by atoms with Crippen LogP contribution in [0.2, 0.25) is 0 Å². The monoisotopic (exact) mass is 249 g/mol. The molecule has 0 saturated heterocycles. The Morgan fingerprint density at radius 2 is 2.17 bits per heavy atom. The van der Waals surface area contributed by atoms with Crippen molar-refractivity contribution < 1.29 is 4.79 Å². The number of hydrogen-bond donors (Lipinski definition) is 2. The van der Waals surface area contributed by atoms with Crippen LogP contribution in [-0.4, -0.2) is 24.0 Å².